The number of ether oxygens (including phenoxy) is 2. The number of rotatable bonds is 10. The number of hydrogen-bond acceptors (Lipinski definition) is 6. The van der Waals surface area contributed by atoms with Gasteiger partial charge in [-0.25, -0.2) is 12.8 Å². The maximum atomic E-state index is 14.4. The number of amides is 1. The van der Waals surface area contributed by atoms with Crippen LogP contribution in [0.15, 0.2) is 59.5 Å². The van der Waals surface area contributed by atoms with Crippen LogP contribution in [0.2, 0.25) is 10.0 Å². The molecular weight excluding hydrogens is 610 g/mol. The topological polar surface area (TPSA) is 122 Å². The first kappa shape index (κ1) is 31.6. The minimum Gasteiger partial charge on any atom is -0.496 e. The minimum absolute atomic E-state index is 0.0185. The van der Waals surface area contributed by atoms with E-state index in [0.29, 0.717) is 28.9 Å². The monoisotopic (exact) mass is 638 g/mol. The predicted octanol–water partition coefficient (Wildman–Crippen LogP) is 5.55. The Bertz CT molecular complexity index is 1580. The van der Waals surface area contributed by atoms with Crippen LogP contribution < -0.4 is 14.8 Å². The van der Waals surface area contributed by atoms with Gasteiger partial charge in [0.1, 0.15) is 11.8 Å². The summed E-state index contributed by atoms with van der Waals surface area (Å²) in [6.07, 6.45) is -0.0450. The van der Waals surface area contributed by atoms with Crippen molar-refractivity contribution in [3.05, 3.63) is 76.0 Å². The minimum atomic E-state index is -4.15. The van der Waals surface area contributed by atoms with E-state index in [4.69, 9.17) is 32.7 Å². The Morgan fingerprint density at radius 1 is 1.07 bits per heavy atom. The number of nitrogens with zero attached hydrogens (tertiary/aromatic N) is 1. The Morgan fingerprint density at radius 3 is 2.29 bits per heavy atom. The third-order valence-corrected chi connectivity index (χ3v) is 9.45. The molecule has 1 unspecified atom stereocenters. The van der Waals surface area contributed by atoms with Crippen LogP contribution in [0.25, 0.3) is 11.1 Å². The average Bonchev–Trinajstić information content (AvgIpc) is 3.34. The first-order valence-electron chi connectivity index (χ1n) is 12.9. The largest absolute Gasteiger partial charge is 0.496 e. The third-order valence-electron chi connectivity index (χ3n) is 7.16. The number of aliphatic carboxylic acids is 1. The van der Waals surface area contributed by atoms with E-state index in [9.17, 15) is 27.5 Å². The highest BCUT2D eigenvalue weighted by Gasteiger charge is 2.44. The van der Waals surface area contributed by atoms with Gasteiger partial charge in [-0.3, -0.25) is 9.59 Å². The lowest BCUT2D eigenvalue weighted by Crippen LogP contribution is -2.49. The molecule has 9 nitrogen and oxygen atoms in total. The van der Waals surface area contributed by atoms with Crippen LogP contribution >= 0.6 is 23.2 Å². The van der Waals surface area contributed by atoms with Crippen LogP contribution in [-0.4, -0.2) is 56.5 Å². The van der Waals surface area contributed by atoms with Gasteiger partial charge in [0.15, 0.2) is 11.6 Å². The van der Waals surface area contributed by atoms with E-state index in [1.807, 2.05) is 0 Å². The first-order valence-corrected chi connectivity index (χ1v) is 15.1. The Balaban J connectivity index is 1.64. The Kier molecular flexibility index (Phi) is 9.67. The number of carbonyl (C=O) groups is 2. The molecule has 0 aromatic heterocycles. The van der Waals surface area contributed by atoms with Crippen molar-refractivity contribution in [3.8, 4) is 22.6 Å². The zero-order valence-corrected chi connectivity index (χ0v) is 25.3. The molecule has 3 aromatic rings. The van der Waals surface area contributed by atoms with E-state index in [0.717, 1.165) is 4.31 Å². The average molecular weight is 640 g/mol. The molecule has 0 spiro atoms. The van der Waals surface area contributed by atoms with E-state index in [1.165, 1.54) is 44.6 Å². The number of carboxylic acids is 1. The molecule has 0 bridgehead atoms. The summed E-state index contributed by atoms with van der Waals surface area (Å²) in [4.78, 5) is 25.2. The van der Waals surface area contributed by atoms with E-state index in [-0.39, 0.29) is 33.2 Å². The van der Waals surface area contributed by atoms with Crippen molar-refractivity contribution in [2.24, 2.45) is 5.92 Å². The molecule has 42 heavy (non-hydrogen) atoms. The molecule has 0 saturated carbocycles. The quantitative estimate of drug-likeness (QED) is 0.299. The molecule has 1 aliphatic rings. The maximum absolute atomic E-state index is 14.4. The highest BCUT2D eigenvalue weighted by atomic mass is 35.5. The molecule has 4 rings (SSSR count). The Hall–Kier alpha value is -3.38. The summed E-state index contributed by atoms with van der Waals surface area (Å²) < 4.78 is 53.2. The van der Waals surface area contributed by atoms with E-state index in [1.54, 1.807) is 31.2 Å². The molecule has 1 fully saturated rings. The number of carbonyl (C=O) groups excluding carboxylic acids is 1. The standard InChI is InChI=1S/C29H29Cl2FN2O7S/c1-16-10-11-34(42(38,39)21-13-19(30)12-20(31)14-21)27(16)29(37)33-23(15-25(35)36)17-4-6-18(7-5-17)26-24(40-2)9-8-22(32)28(26)41-3/h4-9,12-14,16,23,27H,10-11,15H2,1-3H3,(H,33,37)(H,35,36)/t16?,23-,27+/m1/s1. The molecule has 3 aromatic carbocycles. The van der Waals surface area contributed by atoms with Crippen LogP contribution in [0.1, 0.15) is 31.4 Å². The van der Waals surface area contributed by atoms with Gasteiger partial charge in [0.25, 0.3) is 0 Å². The molecule has 0 aliphatic carbocycles. The highest BCUT2D eigenvalue weighted by Crippen LogP contribution is 2.40. The van der Waals surface area contributed by atoms with Crippen molar-refractivity contribution in [1.29, 1.82) is 0 Å². The van der Waals surface area contributed by atoms with Gasteiger partial charge in [0.2, 0.25) is 15.9 Å². The third kappa shape index (κ3) is 6.49. The summed E-state index contributed by atoms with van der Waals surface area (Å²) in [6, 6.07) is 11.0. The number of halogens is 3. The van der Waals surface area contributed by atoms with Crippen molar-refractivity contribution in [3.63, 3.8) is 0 Å². The summed E-state index contributed by atoms with van der Waals surface area (Å²) in [5.41, 5.74) is 1.35. The van der Waals surface area contributed by atoms with E-state index < -0.39 is 46.2 Å². The number of methoxy groups -OCH3 is 2. The van der Waals surface area contributed by atoms with Gasteiger partial charge >= 0.3 is 5.97 Å². The molecule has 1 aliphatic heterocycles. The van der Waals surface area contributed by atoms with E-state index in [2.05, 4.69) is 5.32 Å². The molecular formula is C29H29Cl2FN2O7S. The fourth-order valence-electron chi connectivity index (χ4n) is 5.13. The number of benzene rings is 3. The SMILES string of the molecule is COc1ccc(F)c(OC)c1-c1ccc([C@@H](CC(=O)O)NC(=O)[C@@H]2C(C)CCN2S(=O)(=O)c2cc(Cl)cc(Cl)c2)cc1. The van der Waals surface area contributed by atoms with Crippen molar-refractivity contribution in [2.75, 3.05) is 20.8 Å². The Morgan fingerprint density at radius 2 is 1.71 bits per heavy atom. The second kappa shape index (κ2) is 12.9. The molecule has 3 atom stereocenters. The van der Waals surface area contributed by atoms with Crippen molar-refractivity contribution in [1.82, 2.24) is 9.62 Å². The number of nitrogens with one attached hydrogen (secondary N) is 1. The lowest BCUT2D eigenvalue weighted by atomic mass is 9.97. The van der Waals surface area contributed by atoms with Crippen molar-refractivity contribution < 1.29 is 37.0 Å². The van der Waals surface area contributed by atoms with Gasteiger partial charge in [-0.15, -0.1) is 0 Å². The number of sulfonamides is 1. The first-order chi connectivity index (χ1) is 19.9. The maximum Gasteiger partial charge on any atom is 0.305 e. The van der Waals surface area contributed by atoms with Gasteiger partial charge in [-0.1, -0.05) is 54.4 Å². The van der Waals surface area contributed by atoms with Gasteiger partial charge in [-0.2, -0.15) is 4.31 Å². The lowest BCUT2D eigenvalue weighted by molar-refractivity contribution is -0.138. The fraction of sp³-hybridized carbons (Fsp3) is 0.310. The summed E-state index contributed by atoms with van der Waals surface area (Å²) >= 11 is 12.1. The van der Waals surface area contributed by atoms with Crippen LogP contribution in [0.3, 0.4) is 0 Å². The van der Waals surface area contributed by atoms with Crippen LogP contribution in [0.4, 0.5) is 4.39 Å². The van der Waals surface area contributed by atoms with Gasteiger partial charge < -0.3 is 19.9 Å². The van der Waals surface area contributed by atoms with Gasteiger partial charge in [0, 0.05) is 16.6 Å². The normalized spacial score (nSPS) is 18.0. The van der Waals surface area contributed by atoms with Crippen molar-refractivity contribution >= 4 is 45.1 Å². The molecule has 1 saturated heterocycles. The van der Waals surface area contributed by atoms with Crippen molar-refractivity contribution in [2.45, 2.75) is 36.7 Å². The Labute approximate surface area is 253 Å². The molecule has 1 heterocycles. The predicted molar refractivity (Wildman–Crippen MR) is 156 cm³/mol. The summed E-state index contributed by atoms with van der Waals surface area (Å²) in [7, 11) is -1.38. The second-order valence-electron chi connectivity index (χ2n) is 9.87. The molecule has 13 heteroatoms. The molecule has 224 valence electrons. The number of hydrogen-bond donors (Lipinski definition) is 2. The summed E-state index contributed by atoms with van der Waals surface area (Å²) in [5.74, 6) is -2.39. The van der Waals surface area contributed by atoms with Gasteiger partial charge in [0.05, 0.1) is 37.1 Å². The van der Waals surface area contributed by atoms with Crippen LogP contribution in [0, 0.1) is 11.7 Å². The molecule has 2 N–H and O–H groups in total. The number of carboxylic acid groups (broad SMARTS) is 1. The second-order valence-corrected chi connectivity index (χ2v) is 12.6. The fourth-order valence-corrected chi connectivity index (χ4v) is 7.56. The summed E-state index contributed by atoms with van der Waals surface area (Å²) in [5, 5.41) is 12.6. The zero-order valence-electron chi connectivity index (χ0n) is 22.9. The smallest absolute Gasteiger partial charge is 0.305 e. The zero-order chi connectivity index (χ0) is 30.8. The molecule has 0 radical (unpaired) electrons. The van der Waals surface area contributed by atoms with Crippen LogP contribution in [0.5, 0.6) is 11.5 Å². The molecule has 1 amide bonds. The van der Waals surface area contributed by atoms with Gasteiger partial charge in [-0.05, 0) is 53.8 Å². The lowest BCUT2D eigenvalue weighted by Gasteiger charge is -2.28. The summed E-state index contributed by atoms with van der Waals surface area (Å²) in [6.45, 7) is 1.84. The van der Waals surface area contributed by atoms with E-state index >= 15 is 0 Å². The highest BCUT2D eigenvalue weighted by molar-refractivity contribution is 7.89. The van der Waals surface area contributed by atoms with Crippen LogP contribution in [-0.2, 0) is 19.6 Å².